The smallest absolute Gasteiger partial charge is 0.222 e. The third-order valence-corrected chi connectivity index (χ3v) is 7.31. The van der Waals surface area contributed by atoms with Gasteiger partial charge in [0.15, 0.2) is 0 Å². The third kappa shape index (κ3) is 5.31. The van der Waals surface area contributed by atoms with Crippen molar-refractivity contribution in [1.29, 1.82) is 0 Å². The molecule has 1 spiro atoms. The van der Waals surface area contributed by atoms with Crippen molar-refractivity contribution < 1.29 is 14.3 Å². The van der Waals surface area contributed by atoms with Crippen LogP contribution in [0.4, 0.5) is 0 Å². The lowest BCUT2D eigenvalue weighted by Crippen LogP contribution is -2.51. The van der Waals surface area contributed by atoms with E-state index in [1.54, 1.807) is 12.4 Å². The van der Waals surface area contributed by atoms with Crippen LogP contribution in [0, 0.1) is 19.8 Å². The summed E-state index contributed by atoms with van der Waals surface area (Å²) in [5.74, 6) is 1.75. The third-order valence-electron chi connectivity index (χ3n) is 7.31. The summed E-state index contributed by atoms with van der Waals surface area (Å²) in [6.07, 6.45) is 9.91. The van der Waals surface area contributed by atoms with Gasteiger partial charge in [0.2, 0.25) is 5.91 Å². The molecular weight excluding hydrogens is 404 g/mol. The lowest BCUT2D eigenvalue weighted by atomic mass is 9.78. The molecule has 0 N–H and O–H groups in total. The Hall–Kier alpha value is -2.41. The van der Waals surface area contributed by atoms with E-state index < -0.39 is 0 Å². The standard InChI is InChI=1S/C25H36N4O3/c1-19-23(20(2)28(3)27-19)4-5-24(30)29-14-10-25(11-15-29)18-21(9-17-32-25)8-16-31-22-6-12-26-13-7-22/h6-7,12-13,21H,4-5,8-11,14-18H2,1-3H3. The Labute approximate surface area is 191 Å². The molecule has 0 radical (unpaired) electrons. The number of likely N-dealkylation sites (tertiary alicyclic amines) is 1. The molecule has 0 bridgehead atoms. The van der Waals surface area contributed by atoms with Gasteiger partial charge in [-0.25, -0.2) is 0 Å². The molecule has 0 aromatic carbocycles. The van der Waals surface area contributed by atoms with Gasteiger partial charge < -0.3 is 14.4 Å². The summed E-state index contributed by atoms with van der Waals surface area (Å²) in [5.41, 5.74) is 3.33. The van der Waals surface area contributed by atoms with Crippen LogP contribution in [-0.4, -0.2) is 57.5 Å². The maximum atomic E-state index is 12.8. The van der Waals surface area contributed by atoms with E-state index in [0.29, 0.717) is 12.3 Å². The SMILES string of the molecule is Cc1nn(C)c(C)c1CCC(=O)N1CCC2(CC1)CC(CCOc1ccncc1)CCO2. The van der Waals surface area contributed by atoms with Gasteiger partial charge in [-0.3, -0.25) is 14.5 Å². The van der Waals surface area contributed by atoms with E-state index >= 15 is 0 Å². The van der Waals surface area contributed by atoms with E-state index in [-0.39, 0.29) is 11.5 Å². The summed E-state index contributed by atoms with van der Waals surface area (Å²) in [6, 6.07) is 3.80. The summed E-state index contributed by atoms with van der Waals surface area (Å²) in [7, 11) is 1.96. The average molecular weight is 441 g/mol. The van der Waals surface area contributed by atoms with E-state index in [0.717, 1.165) is 82.0 Å². The molecule has 0 saturated carbocycles. The number of carbonyl (C=O) groups excluding carboxylic acids is 1. The zero-order valence-electron chi connectivity index (χ0n) is 19.7. The fraction of sp³-hybridized carbons (Fsp3) is 0.640. The Bertz CT molecular complexity index is 903. The molecule has 2 fully saturated rings. The van der Waals surface area contributed by atoms with Gasteiger partial charge in [-0.2, -0.15) is 5.10 Å². The highest BCUT2D eigenvalue weighted by molar-refractivity contribution is 5.76. The molecule has 1 atom stereocenters. The zero-order valence-corrected chi connectivity index (χ0v) is 19.7. The Morgan fingerprint density at radius 1 is 1.25 bits per heavy atom. The number of hydrogen-bond donors (Lipinski definition) is 0. The second-order valence-corrected chi connectivity index (χ2v) is 9.36. The van der Waals surface area contributed by atoms with E-state index in [2.05, 4.69) is 17.0 Å². The van der Waals surface area contributed by atoms with Crippen molar-refractivity contribution in [2.45, 2.75) is 64.4 Å². The lowest BCUT2D eigenvalue weighted by Gasteiger charge is -2.46. The summed E-state index contributed by atoms with van der Waals surface area (Å²) in [6.45, 7) is 7.23. The monoisotopic (exact) mass is 440 g/mol. The molecule has 4 heterocycles. The number of nitrogens with zero attached hydrogens (tertiary/aromatic N) is 4. The van der Waals surface area contributed by atoms with Crippen LogP contribution >= 0.6 is 0 Å². The Balaban J connectivity index is 1.22. The van der Waals surface area contributed by atoms with E-state index in [1.165, 1.54) is 5.56 Å². The zero-order chi connectivity index (χ0) is 22.6. The molecule has 2 aromatic heterocycles. The fourth-order valence-corrected chi connectivity index (χ4v) is 5.23. The first-order chi connectivity index (χ1) is 15.5. The summed E-state index contributed by atoms with van der Waals surface area (Å²) in [4.78, 5) is 18.9. The highest BCUT2D eigenvalue weighted by Crippen LogP contribution is 2.39. The second-order valence-electron chi connectivity index (χ2n) is 9.36. The molecular formula is C25H36N4O3. The van der Waals surface area contributed by atoms with Crippen LogP contribution in [0.5, 0.6) is 5.75 Å². The van der Waals surface area contributed by atoms with E-state index in [4.69, 9.17) is 9.47 Å². The van der Waals surface area contributed by atoms with Gasteiger partial charge in [0.25, 0.3) is 0 Å². The Kier molecular flexibility index (Phi) is 7.13. The van der Waals surface area contributed by atoms with Gasteiger partial charge >= 0.3 is 0 Å². The predicted octanol–water partition coefficient (Wildman–Crippen LogP) is 3.62. The molecule has 32 heavy (non-hydrogen) atoms. The maximum absolute atomic E-state index is 12.8. The number of hydrogen-bond acceptors (Lipinski definition) is 5. The molecule has 174 valence electrons. The first-order valence-corrected chi connectivity index (χ1v) is 11.9. The number of aryl methyl sites for hydroxylation is 2. The summed E-state index contributed by atoms with van der Waals surface area (Å²) < 4.78 is 14.1. The highest BCUT2D eigenvalue weighted by atomic mass is 16.5. The van der Waals surface area contributed by atoms with Crippen molar-refractivity contribution in [2.24, 2.45) is 13.0 Å². The number of ether oxygens (including phenoxy) is 2. The summed E-state index contributed by atoms with van der Waals surface area (Å²) in [5, 5.41) is 4.47. The van der Waals surface area contributed by atoms with Gasteiger partial charge in [0, 0.05) is 51.3 Å². The minimum Gasteiger partial charge on any atom is -0.493 e. The largest absolute Gasteiger partial charge is 0.493 e. The highest BCUT2D eigenvalue weighted by Gasteiger charge is 2.40. The molecule has 0 aliphatic carbocycles. The summed E-state index contributed by atoms with van der Waals surface area (Å²) >= 11 is 0. The molecule has 2 saturated heterocycles. The van der Waals surface area contributed by atoms with Crippen LogP contribution in [0.3, 0.4) is 0 Å². The van der Waals surface area contributed by atoms with Crippen LogP contribution in [0.2, 0.25) is 0 Å². The molecule has 2 aromatic rings. The number of rotatable bonds is 7. The molecule has 1 unspecified atom stereocenters. The van der Waals surface area contributed by atoms with Crippen molar-refractivity contribution in [3.05, 3.63) is 41.5 Å². The van der Waals surface area contributed by atoms with Gasteiger partial charge in [-0.15, -0.1) is 0 Å². The van der Waals surface area contributed by atoms with Crippen LogP contribution in [0.15, 0.2) is 24.5 Å². The molecule has 1 amide bonds. The fourth-order valence-electron chi connectivity index (χ4n) is 5.23. The van der Waals surface area contributed by atoms with E-state index in [1.807, 2.05) is 35.7 Å². The lowest BCUT2D eigenvalue weighted by molar-refractivity contribution is -0.147. The van der Waals surface area contributed by atoms with Crippen LogP contribution in [0.1, 0.15) is 55.5 Å². The number of amides is 1. The molecule has 7 heteroatoms. The van der Waals surface area contributed by atoms with Crippen molar-refractivity contribution in [3.8, 4) is 5.75 Å². The normalized spacial score (nSPS) is 20.5. The van der Waals surface area contributed by atoms with Gasteiger partial charge in [0.1, 0.15) is 5.75 Å². The molecule has 7 nitrogen and oxygen atoms in total. The van der Waals surface area contributed by atoms with Crippen molar-refractivity contribution in [3.63, 3.8) is 0 Å². The van der Waals surface area contributed by atoms with Crippen LogP contribution in [0.25, 0.3) is 0 Å². The number of carbonyl (C=O) groups is 1. The van der Waals surface area contributed by atoms with Crippen molar-refractivity contribution in [1.82, 2.24) is 19.7 Å². The van der Waals surface area contributed by atoms with Crippen LogP contribution in [-0.2, 0) is 23.0 Å². The topological polar surface area (TPSA) is 69.5 Å². The Morgan fingerprint density at radius 2 is 2.00 bits per heavy atom. The minimum absolute atomic E-state index is 0.0626. The average Bonchev–Trinajstić information content (AvgIpc) is 3.04. The van der Waals surface area contributed by atoms with Crippen molar-refractivity contribution in [2.75, 3.05) is 26.3 Å². The van der Waals surface area contributed by atoms with Crippen molar-refractivity contribution >= 4 is 5.91 Å². The van der Waals surface area contributed by atoms with Crippen LogP contribution < -0.4 is 4.74 Å². The second kappa shape index (κ2) is 10.0. The first kappa shape index (κ1) is 22.8. The molecule has 2 aliphatic heterocycles. The maximum Gasteiger partial charge on any atom is 0.222 e. The predicted molar refractivity (Wildman–Crippen MR) is 123 cm³/mol. The van der Waals surface area contributed by atoms with E-state index in [9.17, 15) is 4.79 Å². The number of aromatic nitrogens is 3. The number of piperidine rings is 1. The minimum atomic E-state index is -0.0626. The first-order valence-electron chi connectivity index (χ1n) is 11.9. The quantitative estimate of drug-likeness (QED) is 0.658. The molecule has 2 aliphatic rings. The Morgan fingerprint density at radius 3 is 2.69 bits per heavy atom. The number of pyridine rings is 1. The molecule has 4 rings (SSSR count). The van der Waals surface area contributed by atoms with Gasteiger partial charge in [-0.1, -0.05) is 0 Å². The van der Waals surface area contributed by atoms with Gasteiger partial charge in [-0.05, 0) is 76.0 Å². The van der Waals surface area contributed by atoms with Gasteiger partial charge in [0.05, 0.1) is 17.9 Å².